The van der Waals surface area contributed by atoms with Gasteiger partial charge in [-0.05, 0) is 12.3 Å². The smallest absolute Gasteiger partial charge is 0.273 e. The average molecular weight is 368 g/mol. The summed E-state index contributed by atoms with van der Waals surface area (Å²) in [5.74, 6) is 0.484. The summed E-state index contributed by atoms with van der Waals surface area (Å²) >= 11 is 1.47. The standard InChI is InChI=1S/C17H29N5O2S/c1-4-5-18-17-20-14(12-25-17)16(24)22-8-6-21(7-9-22)11-15(23)19-10-13(2)3/h12-13H,4-11H2,1-3H3,(H,18,20)(H,19,23). The molecule has 0 bridgehead atoms. The summed E-state index contributed by atoms with van der Waals surface area (Å²) in [6, 6.07) is 0. The van der Waals surface area contributed by atoms with Crippen LogP contribution in [0.5, 0.6) is 0 Å². The highest BCUT2D eigenvalue weighted by Crippen LogP contribution is 2.17. The summed E-state index contributed by atoms with van der Waals surface area (Å²) in [5.41, 5.74) is 0.506. The first-order valence-electron chi connectivity index (χ1n) is 8.97. The molecule has 2 heterocycles. The van der Waals surface area contributed by atoms with Gasteiger partial charge in [0, 0.05) is 44.6 Å². The lowest BCUT2D eigenvalue weighted by Crippen LogP contribution is -2.51. The lowest BCUT2D eigenvalue weighted by molar-refractivity contribution is -0.122. The molecule has 0 saturated carbocycles. The fourth-order valence-corrected chi connectivity index (χ4v) is 3.25. The van der Waals surface area contributed by atoms with Gasteiger partial charge in [0.1, 0.15) is 5.69 Å². The number of anilines is 1. The predicted molar refractivity (Wildman–Crippen MR) is 101 cm³/mol. The summed E-state index contributed by atoms with van der Waals surface area (Å²) in [4.78, 5) is 32.7. The Hall–Kier alpha value is -1.67. The van der Waals surface area contributed by atoms with Crippen molar-refractivity contribution in [3.8, 4) is 0 Å². The molecule has 2 rings (SSSR count). The predicted octanol–water partition coefficient (Wildman–Crippen LogP) is 1.49. The number of aromatic nitrogens is 1. The van der Waals surface area contributed by atoms with Crippen molar-refractivity contribution < 1.29 is 9.59 Å². The lowest BCUT2D eigenvalue weighted by atomic mass is 10.2. The highest BCUT2D eigenvalue weighted by atomic mass is 32.1. The Kier molecular flexibility index (Phi) is 7.64. The molecule has 0 spiro atoms. The van der Waals surface area contributed by atoms with E-state index in [9.17, 15) is 9.59 Å². The summed E-state index contributed by atoms with van der Waals surface area (Å²) in [7, 11) is 0. The third-order valence-electron chi connectivity index (χ3n) is 3.98. The molecule has 0 radical (unpaired) electrons. The Morgan fingerprint density at radius 1 is 1.28 bits per heavy atom. The summed E-state index contributed by atoms with van der Waals surface area (Å²) < 4.78 is 0. The number of carbonyl (C=O) groups is 2. The second-order valence-corrected chi connectivity index (χ2v) is 7.59. The van der Waals surface area contributed by atoms with Gasteiger partial charge in [0.2, 0.25) is 5.91 Å². The number of hydrogen-bond acceptors (Lipinski definition) is 6. The first-order valence-corrected chi connectivity index (χ1v) is 9.85. The van der Waals surface area contributed by atoms with E-state index in [1.54, 1.807) is 0 Å². The van der Waals surface area contributed by atoms with Crippen LogP contribution in [0, 0.1) is 5.92 Å². The fourth-order valence-electron chi connectivity index (χ4n) is 2.53. The van der Waals surface area contributed by atoms with Crippen LogP contribution in [0.1, 0.15) is 37.7 Å². The van der Waals surface area contributed by atoms with E-state index >= 15 is 0 Å². The van der Waals surface area contributed by atoms with Gasteiger partial charge in [-0.3, -0.25) is 14.5 Å². The second-order valence-electron chi connectivity index (χ2n) is 6.73. The molecule has 1 fully saturated rings. The first kappa shape index (κ1) is 19.7. The molecule has 8 heteroatoms. The molecular weight excluding hydrogens is 338 g/mol. The Morgan fingerprint density at radius 3 is 2.64 bits per heavy atom. The van der Waals surface area contributed by atoms with E-state index in [2.05, 4.69) is 41.3 Å². The van der Waals surface area contributed by atoms with Gasteiger partial charge in [-0.15, -0.1) is 11.3 Å². The van der Waals surface area contributed by atoms with Gasteiger partial charge < -0.3 is 15.5 Å². The Labute approximate surface area is 153 Å². The number of carbonyl (C=O) groups excluding carboxylic acids is 2. The summed E-state index contributed by atoms with van der Waals surface area (Å²) in [6.07, 6.45) is 1.02. The van der Waals surface area contributed by atoms with E-state index in [0.29, 0.717) is 50.9 Å². The SMILES string of the molecule is CCCNc1nc(C(=O)N2CCN(CC(=O)NCC(C)C)CC2)cs1. The van der Waals surface area contributed by atoms with Crippen molar-refractivity contribution in [1.82, 2.24) is 20.1 Å². The van der Waals surface area contributed by atoms with Crippen LogP contribution in [0.4, 0.5) is 5.13 Å². The van der Waals surface area contributed by atoms with Crippen molar-refractivity contribution in [3.63, 3.8) is 0 Å². The van der Waals surface area contributed by atoms with Crippen LogP contribution in [0.2, 0.25) is 0 Å². The number of nitrogens with one attached hydrogen (secondary N) is 2. The molecule has 1 saturated heterocycles. The van der Waals surface area contributed by atoms with Crippen LogP contribution in [0.3, 0.4) is 0 Å². The van der Waals surface area contributed by atoms with E-state index in [0.717, 1.165) is 18.1 Å². The van der Waals surface area contributed by atoms with Crippen LogP contribution in [0.25, 0.3) is 0 Å². The normalized spacial score (nSPS) is 15.4. The highest BCUT2D eigenvalue weighted by Gasteiger charge is 2.24. The van der Waals surface area contributed by atoms with Gasteiger partial charge in [-0.1, -0.05) is 20.8 Å². The van der Waals surface area contributed by atoms with E-state index in [4.69, 9.17) is 0 Å². The van der Waals surface area contributed by atoms with Crippen molar-refractivity contribution in [2.24, 2.45) is 5.92 Å². The van der Waals surface area contributed by atoms with Crippen molar-refractivity contribution in [1.29, 1.82) is 0 Å². The van der Waals surface area contributed by atoms with Crippen LogP contribution < -0.4 is 10.6 Å². The molecule has 7 nitrogen and oxygen atoms in total. The third-order valence-corrected chi connectivity index (χ3v) is 4.78. The van der Waals surface area contributed by atoms with Crippen LogP contribution >= 0.6 is 11.3 Å². The Balaban J connectivity index is 1.76. The van der Waals surface area contributed by atoms with E-state index in [1.807, 2.05) is 10.3 Å². The molecule has 1 aliphatic rings. The minimum absolute atomic E-state index is 0.0234. The van der Waals surface area contributed by atoms with E-state index < -0.39 is 0 Å². The zero-order valence-electron chi connectivity index (χ0n) is 15.4. The third kappa shape index (κ3) is 6.28. The van der Waals surface area contributed by atoms with Crippen molar-refractivity contribution in [3.05, 3.63) is 11.1 Å². The number of rotatable bonds is 8. The quantitative estimate of drug-likeness (QED) is 0.728. The van der Waals surface area contributed by atoms with Crippen molar-refractivity contribution in [2.75, 3.05) is 51.1 Å². The molecule has 0 unspecified atom stereocenters. The monoisotopic (exact) mass is 367 g/mol. The number of thiazole rings is 1. The molecular formula is C17H29N5O2S. The molecule has 2 amide bonds. The average Bonchev–Trinajstić information content (AvgIpc) is 3.07. The molecule has 1 aromatic heterocycles. The Bertz CT molecular complexity index is 567. The number of piperazine rings is 1. The second kappa shape index (κ2) is 9.72. The molecule has 25 heavy (non-hydrogen) atoms. The molecule has 1 aliphatic heterocycles. The van der Waals surface area contributed by atoms with Gasteiger partial charge in [-0.25, -0.2) is 4.98 Å². The van der Waals surface area contributed by atoms with Crippen LogP contribution in [0.15, 0.2) is 5.38 Å². The topological polar surface area (TPSA) is 77.6 Å². The summed E-state index contributed by atoms with van der Waals surface area (Å²) in [6.45, 7) is 10.9. The maximum absolute atomic E-state index is 12.5. The van der Waals surface area contributed by atoms with Crippen molar-refractivity contribution in [2.45, 2.75) is 27.2 Å². The molecule has 140 valence electrons. The number of nitrogens with zero attached hydrogens (tertiary/aromatic N) is 3. The number of amides is 2. The van der Waals surface area contributed by atoms with Crippen LogP contribution in [-0.2, 0) is 4.79 Å². The Morgan fingerprint density at radius 2 is 2.00 bits per heavy atom. The largest absolute Gasteiger partial charge is 0.362 e. The molecule has 1 aromatic rings. The maximum atomic E-state index is 12.5. The zero-order valence-corrected chi connectivity index (χ0v) is 16.2. The minimum Gasteiger partial charge on any atom is -0.362 e. The summed E-state index contributed by atoms with van der Waals surface area (Å²) in [5, 5.41) is 8.75. The molecule has 0 aliphatic carbocycles. The fraction of sp³-hybridized carbons (Fsp3) is 0.706. The first-order chi connectivity index (χ1) is 12.0. The van der Waals surface area contributed by atoms with Gasteiger partial charge in [-0.2, -0.15) is 0 Å². The number of hydrogen-bond donors (Lipinski definition) is 2. The van der Waals surface area contributed by atoms with Gasteiger partial charge in [0.25, 0.3) is 5.91 Å². The maximum Gasteiger partial charge on any atom is 0.273 e. The van der Waals surface area contributed by atoms with Crippen LogP contribution in [-0.4, -0.2) is 72.4 Å². The molecule has 0 atom stereocenters. The van der Waals surface area contributed by atoms with E-state index in [-0.39, 0.29) is 11.8 Å². The van der Waals surface area contributed by atoms with Gasteiger partial charge >= 0.3 is 0 Å². The van der Waals surface area contributed by atoms with Crippen molar-refractivity contribution >= 4 is 28.3 Å². The van der Waals surface area contributed by atoms with Gasteiger partial charge in [0.15, 0.2) is 5.13 Å². The minimum atomic E-state index is -0.0234. The highest BCUT2D eigenvalue weighted by molar-refractivity contribution is 7.13. The molecule has 2 N–H and O–H groups in total. The van der Waals surface area contributed by atoms with E-state index in [1.165, 1.54) is 11.3 Å². The molecule has 0 aromatic carbocycles. The zero-order chi connectivity index (χ0) is 18.2. The lowest BCUT2D eigenvalue weighted by Gasteiger charge is -2.34. The van der Waals surface area contributed by atoms with Gasteiger partial charge in [0.05, 0.1) is 6.54 Å².